The largest absolute Gasteiger partial charge is 0.496 e. The molecule has 0 radical (unpaired) electrons. The molecule has 1 saturated heterocycles. The van der Waals surface area contributed by atoms with Crippen LogP contribution < -0.4 is 10.2 Å². The third-order valence-corrected chi connectivity index (χ3v) is 4.75. The first-order valence-corrected chi connectivity index (χ1v) is 7.97. The van der Waals surface area contributed by atoms with Gasteiger partial charge in [0.1, 0.15) is 6.61 Å². The summed E-state index contributed by atoms with van der Waals surface area (Å²) in [6.45, 7) is 14.6. The van der Waals surface area contributed by atoms with E-state index in [9.17, 15) is 0 Å². The maximum Gasteiger partial charge on any atom is 0.496 e. The van der Waals surface area contributed by atoms with Crippen molar-refractivity contribution in [1.29, 1.82) is 0 Å². The second-order valence-corrected chi connectivity index (χ2v) is 7.72. The molecule has 0 atom stereocenters. The number of hydrogen-bond donors (Lipinski definition) is 0. The number of aromatic nitrogens is 1. The van der Waals surface area contributed by atoms with Gasteiger partial charge in [0, 0.05) is 24.8 Å². The SMILES string of the molecule is COC(C)(C)COc1cc(C)c(B2OC(C)(C)C(C)(C)O2)cn1. The highest BCUT2D eigenvalue weighted by Crippen LogP contribution is 2.36. The van der Waals surface area contributed by atoms with Crippen molar-refractivity contribution in [2.75, 3.05) is 13.7 Å². The summed E-state index contributed by atoms with van der Waals surface area (Å²) in [4.78, 5) is 4.38. The monoisotopic (exact) mass is 321 g/mol. The van der Waals surface area contributed by atoms with E-state index in [1.165, 1.54) is 0 Å². The van der Waals surface area contributed by atoms with Gasteiger partial charge in [-0.2, -0.15) is 0 Å². The van der Waals surface area contributed by atoms with Crippen LogP contribution in [-0.2, 0) is 14.0 Å². The molecule has 0 amide bonds. The van der Waals surface area contributed by atoms with Gasteiger partial charge in [0.2, 0.25) is 5.88 Å². The molecule has 2 rings (SSSR count). The zero-order valence-corrected chi connectivity index (χ0v) is 15.5. The molecule has 5 nitrogen and oxygen atoms in total. The fourth-order valence-electron chi connectivity index (χ4n) is 2.14. The van der Waals surface area contributed by atoms with Gasteiger partial charge in [0.25, 0.3) is 0 Å². The zero-order valence-electron chi connectivity index (χ0n) is 15.5. The van der Waals surface area contributed by atoms with Crippen LogP contribution in [0.15, 0.2) is 12.3 Å². The van der Waals surface area contributed by atoms with Gasteiger partial charge in [0.15, 0.2) is 0 Å². The Labute approximate surface area is 139 Å². The molecular formula is C17H28BNO4. The first kappa shape index (κ1) is 18.2. The van der Waals surface area contributed by atoms with Crippen molar-refractivity contribution in [1.82, 2.24) is 4.98 Å². The van der Waals surface area contributed by atoms with Crippen LogP contribution in [0.25, 0.3) is 0 Å². The quantitative estimate of drug-likeness (QED) is 0.780. The predicted octanol–water partition coefficient (Wildman–Crippen LogP) is 2.49. The lowest BCUT2D eigenvalue weighted by molar-refractivity contribution is -0.0158. The summed E-state index contributed by atoms with van der Waals surface area (Å²) in [7, 11) is 1.26. The van der Waals surface area contributed by atoms with Crippen LogP contribution in [0, 0.1) is 6.92 Å². The predicted molar refractivity (Wildman–Crippen MR) is 91.3 cm³/mol. The lowest BCUT2D eigenvalue weighted by atomic mass is 9.77. The second-order valence-electron chi connectivity index (χ2n) is 7.72. The van der Waals surface area contributed by atoms with Crippen LogP contribution >= 0.6 is 0 Å². The van der Waals surface area contributed by atoms with Crippen LogP contribution in [0.4, 0.5) is 0 Å². The van der Waals surface area contributed by atoms with Gasteiger partial charge in [-0.15, -0.1) is 0 Å². The lowest BCUT2D eigenvalue weighted by Gasteiger charge is -2.32. The molecule has 128 valence electrons. The topological polar surface area (TPSA) is 49.8 Å². The number of methoxy groups -OCH3 is 1. The molecule has 2 heterocycles. The van der Waals surface area contributed by atoms with Crippen LogP contribution in [0.2, 0.25) is 0 Å². The zero-order chi connectivity index (χ0) is 17.5. The molecule has 1 fully saturated rings. The Balaban J connectivity index is 2.12. The minimum absolute atomic E-state index is 0.347. The van der Waals surface area contributed by atoms with Crippen molar-refractivity contribution in [2.24, 2.45) is 0 Å². The van der Waals surface area contributed by atoms with E-state index < -0.39 is 7.12 Å². The molecule has 0 spiro atoms. The standard InChI is InChI=1S/C17H28BNO4/c1-12-9-14(21-11-15(2,3)20-8)19-10-13(12)18-22-16(4,5)17(6,7)23-18/h9-10H,11H2,1-8H3. The van der Waals surface area contributed by atoms with Crippen LogP contribution in [0.1, 0.15) is 47.1 Å². The van der Waals surface area contributed by atoms with E-state index in [4.69, 9.17) is 18.8 Å². The smallest absolute Gasteiger partial charge is 0.475 e. The van der Waals surface area contributed by atoms with E-state index in [0.717, 1.165) is 11.0 Å². The molecule has 1 aliphatic heterocycles. The molecule has 0 saturated carbocycles. The molecule has 0 aromatic carbocycles. The Hall–Kier alpha value is -1.11. The number of pyridine rings is 1. The Bertz CT molecular complexity index is 556. The molecule has 1 aromatic heterocycles. The van der Waals surface area contributed by atoms with Crippen molar-refractivity contribution in [3.8, 4) is 5.88 Å². The minimum atomic E-state index is -0.406. The maximum atomic E-state index is 6.08. The van der Waals surface area contributed by atoms with E-state index >= 15 is 0 Å². The first-order chi connectivity index (χ1) is 10.5. The van der Waals surface area contributed by atoms with Gasteiger partial charge in [0.05, 0.1) is 16.8 Å². The number of rotatable bonds is 5. The first-order valence-electron chi connectivity index (χ1n) is 7.97. The Kier molecular flexibility index (Phi) is 4.82. The summed E-state index contributed by atoms with van der Waals surface area (Å²) >= 11 is 0. The molecule has 0 N–H and O–H groups in total. The van der Waals surface area contributed by atoms with E-state index in [0.29, 0.717) is 12.5 Å². The Morgan fingerprint density at radius 3 is 2.22 bits per heavy atom. The molecular weight excluding hydrogens is 293 g/mol. The van der Waals surface area contributed by atoms with Crippen molar-refractivity contribution in [3.63, 3.8) is 0 Å². The van der Waals surface area contributed by atoms with Gasteiger partial charge in [-0.05, 0) is 54.0 Å². The molecule has 0 bridgehead atoms. The number of ether oxygens (including phenoxy) is 2. The highest BCUT2D eigenvalue weighted by Gasteiger charge is 2.52. The van der Waals surface area contributed by atoms with Crippen molar-refractivity contribution < 1.29 is 18.8 Å². The number of aryl methyl sites for hydroxylation is 1. The minimum Gasteiger partial charge on any atom is -0.475 e. The molecule has 0 aliphatic carbocycles. The fourth-order valence-corrected chi connectivity index (χ4v) is 2.14. The molecule has 23 heavy (non-hydrogen) atoms. The van der Waals surface area contributed by atoms with Gasteiger partial charge in [-0.1, -0.05) is 0 Å². The van der Waals surface area contributed by atoms with Gasteiger partial charge in [-0.3, -0.25) is 0 Å². The summed E-state index contributed by atoms with van der Waals surface area (Å²) in [5.74, 6) is 0.577. The fraction of sp³-hybridized carbons (Fsp3) is 0.706. The molecule has 6 heteroatoms. The average molecular weight is 321 g/mol. The van der Waals surface area contributed by atoms with Gasteiger partial charge >= 0.3 is 7.12 Å². The highest BCUT2D eigenvalue weighted by atomic mass is 16.7. The van der Waals surface area contributed by atoms with Crippen molar-refractivity contribution in [3.05, 3.63) is 17.8 Å². The Morgan fingerprint density at radius 2 is 1.74 bits per heavy atom. The third kappa shape index (κ3) is 3.87. The number of hydrogen-bond acceptors (Lipinski definition) is 5. The lowest BCUT2D eigenvalue weighted by Crippen LogP contribution is -2.41. The third-order valence-electron chi connectivity index (χ3n) is 4.75. The molecule has 1 aromatic rings. The Morgan fingerprint density at radius 1 is 1.17 bits per heavy atom. The average Bonchev–Trinajstić information content (AvgIpc) is 2.65. The molecule has 1 aliphatic rings. The summed E-state index contributed by atoms with van der Waals surface area (Å²) in [6.07, 6.45) is 1.77. The van der Waals surface area contributed by atoms with E-state index in [-0.39, 0.29) is 16.8 Å². The molecule has 0 unspecified atom stereocenters. The summed E-state index contributed by atoms with van der Waals surface area (Å²) in [5.41, 5.74) is 0.898. The van der Waals surface area contributed by atoms with Crippen LogP contribution in [0.3, 0.4) is 0 Å². The van der Waals surface area contributed by atoms with Crippen LogP contribution in [-0.4, -0.2) is 42.6 Å². The summed E-state index contributed by atoms with van der Waals surface area (Å²) in [6, 6.07) is 1.91. The highest BCUT2D eigenvalue weighted by molar-refractivity contribution is 6.62. The second kappa shape index (κ2) is 6.08. The van der Waals surface area contributed by atoms with E-state index in [1.54, 1.807) is 13.3 Å². The van der Waals surface area contributed by atoms with E-state index in [2.05, 4.69) is 4.98 Å². The van der Waals surface area contributed by atoms with Crippen molar-refractivity contribution in [2.45, 2.75) is 65.3 Å². The van der Waals surface area contributed by atoms with Crippen LogP contribution in [0.5, 0.6) is 5.88 Å². The summed E-state index contributed by atoms with van der Waals surface area (Å²) < 4.78 is 23.2. The van der Waals surface area contributed by atoms with Gasteiger partial charge in [-0.25, -0.2) is 4.98 Å². The van der Waals surface area contributed by atoms with Gasteiger partial charge < -0.3 is 18.8 Å². The summed E-state index contributed by atoms with van der Waals surface area (Å²) in [5, 5.41) is 0. The maximum absolute atomic E-state index is 6.08. The normalized spacial score (nSPS) is 19.9. The van der Waals surface area contributed by atoms with Crippen molar-refractivity contribution >= 4 is 12.6 Å². The number of nitrogens with zero attached hydrogens (tertiary/aromatic N) is 1. The van der Waals surface area contributed by atoms with E-state index in [1.807, 2.05) is 54.5 Å².